The Morgan fingerprint density at radius 2 is 1.74 bits per heavy atom. The maximum Gasteiger partial charge on any atom is 0.255 e. The molecule has 0 saturated carbocycles. The molecule has 3 aromatic rings. The molecule has 0 aliphatic heterocycles. The summed E-state index contributed by atoms with van der Waals surface area (Å²) in [5, 5.41) is 0. The normalized spacial score (nSPS) is 12.2. The Balaban J connectivity index is 2.15. The van der Waals surface area contributed by atoms with Crippen molar-refractivity contribution in [2.75, 3.05) is 25.2 Å². The monoisotopic (exact) mass is 496 g/mol. The van der Waals surface area contributed by atoms with E-state index in [0.29, 0.717) is 17.9 Å². The van der Waals surface area contributed by atoms with E-state index >= 15 is 0 Å². The van der Waals surface area contributed by atoms with Crippen LogP contribution in [0, 0.1) is 0 Å². The van der Waals surface area contributed by atoms with Gasteiger partial charge in [0.05, 0.1) is 20.0 Å². The van der Waals surface area contributed by atoms with Crippen LogP contribution in [0.2, 0.25) is 0 Å². The molecule has 0 aliphatic carbocycles. The smallest absolute Gasteiger partial charge is 0.255 e. The SMILES string of the molecule is COCc1cc(NS(C)(=O)=O)ccc1C=Cc1cc(-c2ccc[nH]c2=O)cc(C(C)(C)C)c1OC. The second-order valence-corrected chi connectivity index (χ2v) is 11.1. The number of anilines is 1. The molecule has 0 unspecified atom stereocenters. The van der Waals surface area contributed by atoms with Gasteiger partial charge in [-0.2, -0.15) is 0 Å². The molecule has 7 nitrogen and oxygen atoms in total. The van der Waals surface area contributed by atoms with Gasteiger partial charge in [-0.05, 0) is 58.5 Å². The minimum absolute atomic E-state index is 0.163. The lowest BCUT2D eigenvalue weighted by molar-refractivity contribution is 0.185. The highest BCUT2D eigenvalue weighted by molar-refractivity contribution is 7.92. The molecule has 0 spiro atoms. The van der Waals surface area contributed by atoms with E-state index in [1.807, 2.05) is 30.4 Å². The number of nitrogens with one attached hydrogen (secondary N) is 2. The summed E-state index contributed by atoms with van der Waals surface area (Å²) in [7, 11) is -0.168. The van der Waals surface area contributed by atoms with Gasteiger partial charge >= 0.3 is 0 Å². The first-order chi connectivity index (χ1) is 16.4. The number of methoxy groups -OCH3 is 2. The topological polar surface area (TPSA) is 97.5 Å². The minimum Gasteiger partial charge on any atom is -0.496 e. The molecule has 2 N–H and O–H groups in total. The zero-order valence-electron chi connectivity index (χ0n) is 20.9. The van der Waals surface area contributed by atoms with E-state index in [2.05, 4.69) is 30.5 Å². The second-order valence-electron chi connectivity index (χ2n) is 9.36. The average Bonchev–Trinajstić information content (AvgIpc) is 2.77. The first-order valence-corrected chi connectivity index (χ1v) is 13.0. The predicted octanol–water partition coefficient (Wildman–Crippen LogP) is 5.04. The molecule has 0 fully saturated rings. The summed E-state index contributed by atoms with van der Waals surface area (Å²) in [5.74, 6) is 0.730. The Kier molecular flexibility index (Phi) is 7.87. The van der Waals surface area contributed by atoms with E-state index in [9.17, 15) is 13.2 Å². The third-order valence-electron chi connectivity index (χ3n) is 5.45. The van der Waals surface area contributed by atoms with Gasteiger partial charge in [-0.15, -0.1) is 0 Å². The molecule has 1 heterocycles. The number of ether oxygens (including phenoxy) is 2. The number of H-pyrrole nitrogens is 1. The first kappa shape index (κ1) is 26.2. The molecule has 2 aromatic carbocycles. The number of rotatable bonds is 8. The van der Waals surface area contributed by atoms with Gasteiger partial charge in [-0.1, -0.05) is 39.0 Å². The Hall–Kier alpha value is -3.36. The number of pyridine rings is 1. The number of hydrogen-bond acceptors (Lipinski definition) is 5. The number of aromatic nitrogens is 1. The van der Waals surface area contributed by atoms with Crippen molar-refractivity contribution in [3.63, 3.8) is 0 Å². The van der Waals surface area contributed by atoms with Crippen LogP contribution in [0.1, 0.15) is 43.0 Å². The number of benzene rings is 2. The van der Waals surface area contributed by atoms with Crippen molar-refractivity contribution in [3.05, 3.63) is 81.3 Å². The number of aromatic amines is 1. The lowest BCUT2D eigenvalue weighted by atomic mass is 9.83. The molecule has 1 aromatic heterocycles. The van der Waals surface area contributed by atoms with E-state index in [4.69, 9.17) is 9.47 Å². The van der Waals surface area contributed by atoms with Crippen LogP contribution in [0.4, 0.5) is 5.69 Å². The molecule has 3 rings (SSSR count). The number of sulfonamides is 1. The van der Waals surface area contributed by atoms with Crippen molar-refractivity contribution in [1.29, 1.82) is 0 Å². The van der Waals surface area contributed by atoms with Crippen LogP contribution in [-0.2, 0) is 26.8 Å². The molecule has 8 heteroatoms. The van der Waals surface area contributed by atoms with Crippen LogP contribution in [0.15, 0.2) is 53.5 Å². The first-order valence-electron chi connectivity index (χ1n) is 11.1. The van der Waals surface area contributed by atoms with E-state index in [0.717, 1.165) is 39.8 Å². The Morgan fingerprint density at radius 3 is 2.34 bits per heavy atom. The molecule has 35 heavy (non-hydrogen) atoms. The predicted molar refractivity (Wildman–Crippen MR) is 142 cm³/mol. The van der Waals surface area contributed by atoms with Gasteiger partial charge in [0, 0.05) is 35.7 Å². The van der Waals surface area contributed by atoms with Gasteiger partial charge < -0.3 is 14.5 Å². The fourth-order valence-corrected chi connectivity index (χ4v) is 4.43. The summed E-state index contributed by atoms with van der Waals surface area (Å²) in [5.41, 5.74) is 4.93. The van der Waals surface area contributed by atoms with Crippen molar-refractivity contribution in [1.82, 2.24) is 4.98 Å². The van der Waals surface area contributed by atoms with Gasteiger partial charge in [0.1, 0.15) is 5.75 Å². The third-order valence-corrected chi connectivity index (χ3v) is 6.05. The van der Waals surface area contributed by atoms with Gasteiger partial charge in [-0.3, -0.25) is 9.52 Å². The van der Waals surface area contributed by atoms with Gasteiger partial charge in [-0.25, -0.2) is 8.42 Å². The van der Waals surface area contributed by atoms with Crippen molar-refractivity contribution in [2.24, 2.45) is 0 Å². The summed E-state index contributed by atoms with van der Waals surface area (Å²) in [6, 6.07) is 12.8. The highest BCUT2D eigenvalue weighted by atomic mass is 32.2. The summed E-state index contributed by atoms with van der Waals surface area (Å²) >= 11 is 0. The third kappa shape index (κ3) is 6.61. The molecule has 0 amide bonds. The minimum atomic E-state index is -3.39. The maximum atomic E-state index is 12.5. The van der Waals surface area contributed by atoms with Crippen LogP contribution >= 0.6 is 0 Å². The lowest BCUT2D eigenvalue weighted by Crippen LogP contribution is -2.15. The molecule has 186 valence electrons. The van der Waals surface area contributed by atoms with Crippen molar-refractivity contribution >= 4 is 27.9 Å². The molecule has 0 radical (unpaired) electrons. The van der Waals surface area contributed by atoms with E-state index in [1.165, 1.54) is 0 Å². The zero-order valence-corrected chi connectivity index (χ0v) is 21.7. The summed E-state index contributed by atoms with van der Waals surface area (Å²) < 4.78 is 36.9. The Morgan fingerprint density at radius 1 is 1.03 bits per heavy atom. The quantitative estimate of drug-likeness (QED) is 0.426. The second kappa shape index (κ2) is 10.5. The van der Waals surface area contributed by atoms with Gasteiger partial charge in [0.2, 0.25) is 10.0 Å². The number of hydrogen-bond donors (Lipinski definition) is 2. The lowest BCUT2D eigenvalue weighted by Gasteiger charge is -2.24. The van der Waals surface area contributed by atoms with E-state index in [1.54, 1.807) is 44.7 Å². The average molecular weight is 497 g/mol. The Bertz CT molecular complexity index is 1400. The Labute approximate surface area is 206 Å². The highest BCUT2D eigenvalue weighted by Crippen LogP contribution is 2.38. The summed E-state index contributed by atoms with van der Waals surface area (Å²) in [6.45, 7) is 6.60. The van der Waals surface area contributed by atoms with E-state index in [-0.39, 0.29) is 11.0 Å². The summed E-state index contributed by atoms with van der Waals surface area (Å²) in [6.07, 6.45) is 6.59. The van der Waals surface area contributed by atoms with Gasteiger partial charge in [0.15, 0.2) is 0 Å². The van der Waals surface area contributed by atoms with Crippen LogP contribution in [-0.4, -0.2) is 33.9 Å². The fourth-order valence-electron chi connectivity index (χ4n) is 3.87. The van der Waals surface area contributed by atoms with Crippen LogP contribution in [0.3, 0.4) is 0 Å². The van der Waals surface area contributed by atoms with Crippen molar-refractivity contribution in [3.8, 4) is 16.9 Å². The fraction of sp³-hybridized carbons (Fsp3) is 0.296. The van der Waals surface area contributed by atoms with Crippen LogP contribution < -0.4 is 15.0 Å². The van der Waals surface area contributed by atoms with Crippen molar-refractivity contribution < 1.29 is 17.9 Å². The molecule has 0 aliphatic rings. The molecular formula is C27H32N2O5S. The van der Waals surface area contributed by atoms with Crippen LogP contribution in [0.25, 0.3) is 23.3 Å². The van der Waals surface area contributed by atoms with E-state index < -0.39 is 10.0 Å². The molecule has 0 saturated heterocycles. The molecular weight excluding hydrogens is 464 g/mol. The molecule has 0 bridgehead atoms. The largest absolute Gasteiger partial charge is 0.496 e. The summed E-state index contributed by atoms with van der Waals surface area (Å²) in [4.78, 5) is 15.2. The van der Waals surface area contributed by atoms with Gasteiger partial charge in [0.25, 0.3) is 5.56 Å². The van der Waals surface area contributed by atoms with Crippen LogP contribution in [0.5, 0.6) is 5.75 Å². The molecule has 0 atom stereocenters. The van der Waals surface area contributed by atoms with Crippen molar-refractivity contribution in [2.45, 2.75) is 32.8 Å². The standard InChI is InChI=1S/C27H32N2O5S/c1-27(2,3)24-16-20(23-8-7-13-28-26(23)30)14-19(25(24)34-5)10-9-18-11-12-22(29-35(6,31)32)15-21(18)17-33-4/h7-16,29H,17H2,1-6H3,(H,28,30). The maximum absolute atomic E-state index is 12.5. The zero-order chi connectivity index (χ0) is 25.8. The highest BCUT2D eigenvalue weighted by Gasteiger charge is 2.22.